The number of imidazole rings is 1. The van der Waals surface area contributed by atoms with Gasteiger partial charge in [0.1, 0.15) is 11.5 Å². The molecule has 0 amide bonds. The molecular formula is C19H23N3O4S. The van der Waals surface area contributed by atoms with Gasteiger partial charge in [-0.25, -0.2) is 13.4 Å². The highest BCUT2D eigenvalue weighted by Gasteiger charge is 2.37. The maximum atomic E-state index is 13.2. The van der Waals surface area contributed by atoms with Crippen molar-refractivity contribution in [1.29, 1.82) is 0 Å². The first-order valence-electron chi connectivity index (χ1n) is 8.74. The van der Waals surface area contributed by atoms with Crippen molar-refractivity contribution in [3.8, 4) is 11.5 Å². The van der Waals surface area contributed by atoms with Crippen molar-refractivity contribution >= 4 is 15.6 Å². The molecule has 144 valence electrons. The zero-order valence-corrected chi connectivity index (χ0v) is 16.7. The minimum atomic E-state index is -3.73. The molecule has 1 aromatic carbocycles. The maximum absolute atomic E-state index is 13.2. The summed E-state index contributed by atoms with van der Waals surface area (Å²) in [7, 11) is -0.383. The Labute approximate surface area is 159 Å². The fourth-order valence-electron chi connectivity index (χ4n) is 3.65. The van der Waals surface area contributed by atoms with Gasteiger partial charge < -0.3 is 14.0 Å². The maximum Gasteiger partial charge on any atom is 0.262 e. The SMILES string of the molecule is COc1ccc2c3c1CN(S(=O)(=O)c1cn(C)cn1)CC3=CC(C)(C)CO2. The predicted octanol–water partition coefficient (Wildman–Crippen LogP) is 2.44. The highest BCUT2D eigenvalue weighted by Crippen LogP contribution is 2.44. The van der Waals surface area contributed by atoms with Crippen LogP contribution in [0, 0.1) is 5.41 Å². The first-order chi connectivity index (χ1) is 12.7. The molecule has 0 bridgehead atoms. The molecule has 2 aromatic rings. The molecule has 0 spiro atoms. The lowest BCUT2D eigenvalue weighted by Crippen LogP contribution is -2.36. The summed E-state index contributed by atoms with van der Waals surface area (Å²) < 4.78 is 41.0. The smallest absolute Gasteiger partial charge is 0.262 e. The zero-order valence-electron chi connectivity index (χ0n) is 15.9. The molecule has 1 aromatic heterocycles. The van der Waals surface area contributed by atoms with Crippen LogP contribution >= 0.6 is 0 Å². The second kappa shape index (κ2) is 6.10. The number of sulfonamides is 1. The molecule has 2 aliphatic heterocycles. The molecule has 0 unspecified atom stereocenters. The molecule has 3 heterocycles. The monoisotopic (exact) mass is 389 g/mol. The summed E-state index contributed by atoms with van der Waals surface area (Å²) in [6.07, 6.45) is 5.13. The summed E-state index contributed by atoms with van der Waals surface area (Å²) in [4.78, 5) is 4.05. The molecule has 0 saturated heterocycles. The van der Waals surface area contributed by atoms with E-state index in [1.54, 1.807) is 18.7 Å². The van der Waals surface area contributed by atoms with Crippen molar-refractivity contribution in [1.82, 2.24) is 13.9 Å². The van der Waals surface area contributed by atoms with Crippen LogP contribution in [-0.2, 0) is 23.6 Å². The topological polar surface area (TPSA) is 73.7 Å². The zero-order chi connectivity index (χ0) is 19.4. The second-order valence-corrected chi connectivity index (χ2v) is 9.60. The molecule has 0 saturated carbocycles. The van der Waals surface area contributed by atoms with Crippen molar-refractivity contribution in [2.45, 2.75) is 25.4 Å². The fraction of sp³-hybridized carbons (Fsp3) is 0.421. The first kappa shape index (κ1) is 18.1. The molecule has 0 atom stereocenters. The van der Waals surface area contributed by atoms with Gasteiger partial charge in [-0.1, -0.05) is 19.9 Å². The molecule has 4 rings (SSSR count). The van der Waals surface area contributed by atoms with E-state index >= 15 is 0 Å². The van der Waals surface area contributed by atoms with Gasteiger partial charge >= 0.3 is 0 Å². The second-order valence-electron chi connectivity index (χ2n) is 7.72. The molecule has 0 fully saturated rings. The Hall–Kier alpha value is -2.32. The van der Waals surface area contributed by atoms with Crippen LogP contribution in [0.4, 0.5) is 0 Å². The van der Waals surface area contributed by atoms with Gasteiger partial charge in [0.2, 0.25) is 0 Å². The molecule has 0 aliphatic carbocycles. The number of aromatic nitrogens is 2. The third-order valence-electron chi connectivity index (χ3n) is 4.90. The Bertz CT molecular complexity index is 1040. The molecule has 2 aliphatic rings. The predicted molar refractivity (Wildman–Crippen MR) is 101 cm³/mol. The van der Waals surface area contributed by atoms with E-state index in [0.717, 1.165) is 22.4 Å². The molecule has 0 N–H and O–H groups in total. The molecule has 0 radical (unpaired) electrons. The Morgan fingerprint density at radius 3 is 2.70 bits per heavy atom. The van der Waals surface area contributed by atoms with Crippen LogP contribution in [0.5, 0.6) is 11.5 Å². The van der Waals surface area contributed by atoms with Crippen molar-refractivity contribution in [2.75, 3.05) is 20.3 Å². The fourth-order valence-corrected chi connectivity index (χ4v) is 5.00. The van der Waals surface area contributed by atoms with Crippen LogP contribution in [0.3, 0.4) is 0 Å². The van der Waals surface area contributed by atoms with Crippen molar-refractivity contribution in [2.24, 2.45) is 12.5 Å². The standard InChI is InChI=1S/C19H23N3O4S/c1-19(2)7-13-8-22(27(23,24)17-10-21(3)12-20-17)9-14-15(25-4)5-6-16(18(13)14)26-11-19/h5-7,10,12H,8-9,11H2,1-4H3. The van der Waals surface area contributed by atoms with E-state index in [4.69, 9.17) is 9.47 Å². The lowest BCUT2D eigenvalue weighted by molar-refractivity contribution is 0.224. The van der Waals surface area contributed by atoms with Crippen LogP contribution in [0.2, 0.25) is 0 Å². The van der Waals surface area contributed by atoms with E-state index in [1.165, 1.54) is 16.8 Å². The van der Waals surface area contributed by atoms with Gasteiger partial charge in [-0.05, 0) is 17.7 Å². The number of nitrogens with zero attached hydrogens (tertiary/aromatic N) is 3. The molecular weight excluding hydrogens is 366 g/mol. The van der Waals surface area contributed by atoms with E-state index in [0.29, 0.717) is 12.4 Å². The summed E-state index contributed by atoms with van der Waals surface area (Å²) in [5.41, 5.74) is 2.50. The summed E-state index contributed by atoms with van der Waals surface area (Å²) >= 11 is 0. The molecule has 27 heavy (non-hydrogen) atoms. The highest BCUT2D eigenvalue weighted by atomic mass is 32.2. The highest BCUT2D eigenvalue weighted by molar-refractivity contribution is 7.89. The van der Waals surface area contributed by atoms with Gasteiger partial charge in [0, 0.05) is 42.9 Å². The van der Waals surface area contributed by atoms with Crippen molar-refractivity contribution in [3.63, 3.8) is 0 Å². The minimum absolute atomic E-state index is 0.0494. The number of methoxy groups -OCH3 is 1. The van der Waals surface area contributed by atoms with Crippen LogP contribution in [0.15, 0.2) is 35.8 Å². The molecule has 8 heteroatoms. The van der Waals surface area contributed by atoms with Crippen molar-refractivity contribution < 1.29 is 17.9 Å². The van der Waals surface area contributed by atoms with E-state index in [1.807, 2.05) is 12.1 Å². The summed E-state index contributed by atoms with van der Waals surface area (Å²) in [6.45, 7) is 5.18. The average molecular weight is 389 g/mol. The van der Waals surface area contributed by atoms with E-state index in [-0.39, 0.29) is 23.5 Å². The van der Waals surface area contributed by atoms with Gasteiger partial charge in [-0.3, -0.25) is 0 Å². The summed E-state index contributed by atoms with van der Waals surface area (Å²) in [5.74, 6) is 1.43. The average Bonchev–Trinajstić information content (AvgIpc) is 3.00. The summed E-state index contributed by atoms with van der Waals surface area (Å²) in [6, 6.07) is 3.73. The number of ether oxygens (including phenoxy) is 2. The Balaban J connectivity index is 1.87. The number of aryl methyl sites for hydroxylation is 1. The number of rotatable bonds is 3. The largest absolute Gasteiger partial charge is 0.496 e. The Morgan fingerprint density at radius 2 is 2.04 bits per heavy atom. The molecule has 7 nitrogen and oxygen atoms in total. The Morgan fingerprint density at radius 1 is 1.26 bits per heavy atom. The lowest BCUT2D eigenvalue weighted by Gasteiger charge is -2.31. The minimum Gasteiger partial charge on any atom is -0.496 e. The van der Waals surface area contributed by atoms with Gasteiger partial charge in [0.05, 0.1) is 20.0 Å². The van der Waals surface area contributed by atoms with Gasteiger partial charge in [-0.15, -0.1) is 0 Å². The Kier molecular flexibility index (Phi) is 4.08. The summed E-state index contributed by atoms with van der Waals surface area (Å²) in [5, 5.41) is 0.0494. The van der Waals surface area contributed by atoms with Crippen LogP contribution < -0.4 is 9.47 Å². The van der Waals surface area contributed by atoms with Crippen LogP contribution in [-0.4, -0.2) is 42.5 Å². The number of hydrogen-bond donors (Lipinski definition) is 0. The number of benzene rings is 1. The van der Waals surface area contributed by atoms with E-state index < -0.39 is 10.0 Å². The third kappa shape index (κ3) is 3.02. The third-order valence-corrected chi connectivity index (χ3v) is 6.58. The van der Waals surface area contributed by atoms with Gasteiger partial charge in [0.15, 0.2) is 5.03 Å². The van der Waals surface area contributed by atoms with E-state index in [9.17, 15) is 8.42 Å². The van der Waals surface area contributed by atoms with Crippen molar-refractivity contribution in [3.05, 3.63) is 41.9 Å². The van der Waals surface area contributed by atoms with E-state index in [2.05, 4.69) is 24.9 Å². The normalized spacial score (nSPS) is 18.9. The van der Waals surface area contributed by atoms with Crippen LogP contribution in [0.25, 0.3) is 5.57 Å². The van der Waals surface area contributed by atoms with Crippen LogP contribution in [0.1, 0.15) is 25.0 Å². The first-order valence-corrected chi connectivity index (χ1v) is 10.2. The van der Waals surface area contributed by atoms with Gasteiger partial charge in [0.25, 0.3) is 10.0 Å². The quantitative estimate of drug-likeness (QED) is 0.806. The number of hydrogen-bond acceptors (Lipinski definition) is 5. The lowest BCUT2D eigenvalue weighted by atomic mass is 9.87. The van der Waals surface area contributed by atoms with Gasteiger partial charge in [-0.2, -0.15) is 4.31 Å².